The molecule has 0 radical (unpaired) electrons. The summed E-state index contributed by atoms with van der Waals surface area (Å²) in [5.41, 5.74) is 0.870. The Labute approximate surface area is 115 Å². The van der Waals surface area contributed by atoms with Crippen LogP contribution in [0.15, 0.2) is 30.3 Å². The van der Waals surface area contributed by atoms with E-state index in [0.29, 0.717) is 19.4 Å². The molecule has 3 nitrogen and oxygen atoms in total. The van der Waals surface area contributed by atoms with Gasteiger partial charge in [-0.05, 0) is 12.5 Å². The minimum Gasteiger partial charge on any atom is -0.362 e. The van der Waals surface area contributed by atoms with Crippen LogP contribution in [0, 0.1) is 0 Å². The fourth-order valence-electron chi connectivity index (χ4n) is 2.43. The first-order valence-electron chi connectivity index (χ1n) is 6.37. The summed E-state index contributed by atoms with van der Waals surface area (Å²) < 4.78 is 43.8. The maximum absolute atomic E-state index is 13.0. The smallest absolute Gasteiger partial charge is 0.362 e. The number of morpholine rings is 1. The van der Waals surface area contributed by atoms with Crippen molar-refractivity contribution in [3.63, 3.8) is 0 Å². The molecule has 0 bridgehead atoms. The van der Waals surface area contributed by atoms with Crippen molar-refractivity contribution in [3.8, 4) is 0 Å². The third kappa shape index (κ3) is 3.37. The van der Waals surface area contributed by atoms with Crippen LogP contribution in [0.4, 0.5) is 13.2 Å². The van der Waals surface area contributed by atoms with E-state index in [0.717, 1.165) is 5.56 Å². The molecule has 1 fully saturated rings. The third-order valence-electron chi connectivity index (χ3n) is 3.29. The molecule has 3 unspecified atom stereocenters. The number of halogens is 3. The normalized spacial score (nSPS) is 28.3. The molecule has 1 heterocycles. The molecule has 1 aliphatic heterocycles. The molecule has 2 rings (SSSR count). The number of carbonyl (C=O) groups is 1. The lowest BCUT2D eigenvalue weighted by molar-refractivity contribution is -0.264. The van der Waals surface area contributed by atoms with E-state index in [2.05, 4.69) is 0 Å². The second-order valence-corrected chi connectivity index (χ2v) is 4.95. The Kier molecular flexibility index (Phi) is 4.45. The monoisotopic (exact) mass is 287 g/mol. The van der Waals surface area contributed by atoms with Gasteiger partial charge < -0.3 is 9.53 Å². The third-order valence-corrected chi connectivity index (χ3v) is 3.29. The van der Waals surface area contributed by atoms with Crippen LogP contribution in [-0.2, 0) is 16.1 Å². The van der Waals surface area contributed by atoms with Crippen LogP contribution < -0.4 is 0 Å². The lowest BCUT2D eigenvalue weighted by Gasteiger charge is -2.41. The van der Waals surface area contributed by atoms with Gasteiger partial charge in [-0.3, -0.25) is 4.90 Å². The van der Waals surface area contributed by atoms with Crippen LogP contribution in [0.1, 0.15) is 12.5 Å². The van der Waals surface area contributed by atoms with Gasteiger partial charge in [0.25, 0.3) is 0 Å². The molecule has 3 atom stereocenters. The van der Waals surface area contributed by atoms with Gasteiger partial charge in [-0.15, -0.1) is 0 Å². The van der Waals surface area contributed by atoms with E-state index >= 15 is 0 Å². The molecule has 0 aromatic heterocycles. The molecule has 0 saturated carbocycles. The zero-order chi connectivity index (χ0) is 14.8. The van der Waals surface area contributed by atoms with Gasteiger partial charge in [0.1, 0.15) is 12.3 Å². The topological polar surface area (TPSA) is 29.5 Å². The van der Waals surface area contributed by atoms with E-state index < -0.39 is 24.4 Å². The quantitative estimate of drug-likeness (QED) is 0.800. The van der Waals surface area contributed by atoms with Crippen LogP contribution in [0.3, 0.4) is 0 Å². The lowest BCUT2D eigenvalue weighted by atomic mass is 10.0. The van der Waals surface area contributed by atoms with Gasteiger partial charge in [0.2, 0.25) is 0 Å². The first-order chi connectivity index (χ1) is 9.41. The fraction of sp³-hybridized carbons (Fsp3) is 0.500. The maximum Gasteiger partial charge on any atom is 0.416 e. The number of hydrogen-bond donors (Lipinski definition) is 0. The van der Waals surface area contributed by atoms with E-state index in [1.807, 2.05) is 30.3 Å². The summed E-state index contributed by atoms with van der Waals surface area (Å²) in [4.78, 5) is 12.6. The van der Waals surface area contributed by atoms with Crippen LogP contribution >= 0.6 is 0 Å². The number of ether oxygens (including phenoxy) is 1. The van der Waals surface area contributed by atoms with Crippen molar-refractivity contribution in [3.05, 3.63) is 35.9 Å². The summed E-state index contributed by atoms with van der Waals surface area (Å²) in [5.74, 6) is 0. The highest BCUT2D eigenvalue weighted by atomic mass is 19.4. The second-order valence-electron chi connectivity index (χ2n) is 4.95. The SMILES string of the molecule is CC1CN(Cc2ccccc2)C(C=O)C(C(F)(F)F)O1. The summed E-state index contributed by atoms with van der Waals surface area (Å²) in [6.45, 7) is 2.17. The Morgan fingerprint density at radius 2 is 2.00 bits per heavy atom. The maximum atomic E-state index is 13.0. The standard InChI is InChI=1S/C14H16F3NO2/c1-10-7-18(8-11-5-3-2-4-6-11)12(9-19)13(20-10)14(15,16)17/h2-6,9-10,12-13H,7-8H2,1H3. The van der Waals surface area contributed by atoms with E-state index in [1.165, 1.54) is 4.90 Å². The molecular formula is C14H16F3NO2. The number of benzene rings is 1. The molecule has 110 valence electrons. The summed E-state index contributed by atoms with van der Waals surface area (Å²) in [7, 11) is 0. The first kappa shape index (κ1) is 15.0. The van der Waals surface area contributed by atoms with Crippen molar-refractivity contribution in [2.24, 2.45) is 0 Å². The van der Waals surface area contributed by atoms with Crippen molar-refractivity contribution in [1.82, 2.24) is 4.90 Å². The average molecular weight is 287 g/mol. The van der Waals surface area contributed by atoms with E-state index in [4.69, 9.17) is 4.74 Å². The second kappa shape index (κ2) is 5.93. The predicted octanol–water partition coefficient (Wildman–Crippen LogP) is 2.41. The molecule has 0 aliphatic carbocycles. The number of rotatable bonds is 3. The van der Waals surface area contributed by atoms with Gasteiger partial charge in [0.05, 0.1) is 6.10 Å². The first-order valence-corrected chi connectivity index (χ1v) is 6.37. The van der Waals surface area contributed by atoms with Crippen molar-refractivity contribution in [2.75, 3.05) is 6.54 Å². The Morgan fingerprint density at radius 3 is 2.55 bits per heavy atom. The largest absolute Gasteiger partial charge is 0.416 e. The van der Waals surface area contributed by atoms with E-state index in [9.17, 15) is 18.0 Å². The van der Waals surface area contributed by atoms with Crippen LogP contribution in [0.2, 0.25) is 0 Å². The highest BCUT2D eigenvalue weighted by Gasteiger charge is 2.51. The fourth-order valence-corrected chi connectivity index (χ4v) is 2.43. The molecule has 6 heteroatoms. The van der Waals surface area contributed by atoms with Crippen molar-refractivity contribution >= 4 is 6.29 Å². The summed E-state index contributed by atoms with van der Waals surface area (Å²) in [5, 5.41) is 0. The van der Waals surface area contributed by atoms with Crippen LogP contribution in [0.5, 0.6) is 0 Å². The Hall–Kier alpha value is -1.40. The average Bonchev–Trinajstić information content (AvgIpc) is 2.38. The molecule has 20 heavy (non-hydrogen) atoms. The molecule has 0 spiro atoms. The van der Waals surface area contributed by atoms with Gasteiger partial charge in [-0.25, -0.2) is 0 Å². The zero-order valence-electron chi connectivity index (χ0n) is 11.0. The number of nitrogens with zero attached hydrogens (tertiary/aromatic N) is 1. The Bertz CT molecular complexity index is 449. The van der Waals surface area contributed by atoms with E-state index in [-0.39, 0.29) is 0 Å². The van der Waals surface area contributed by atoms with Gasteiger partial charge in [0, 0.05) is 13.1 Å². The number of carbonyl (C=O) groups excluding carboxylic acids is 1. The van der Waals surface area contributed by atoms with Gasteiger partial charge >= 0.3 is 6.18 Å². The van der Waals surface area contributed by atoms with Crippen molar-refractivity contribution < 1.29 is 22.7 Å². The minimum atomic E-state index is -4.55. The molecule has 1 saturated heterocycles. The van der Waals surface area contributed by atoms with Gasteiger partial charge in [0.15, 0.2) is 6.10 Å². The summed E-state index contributed by atoms with van der Waals surface area (Å²) in [6.07, 6.45) is -6.85. The van der Waals surface area contributed by atoms with Gasteiger partial charge in [-0.1, -0.05) is 30.3 Å². The molecule has 1 aromatic rings. The molecule has 1 aromatic carbocycles. The minimum absolute atomic E-state index is 0.296. The zero-order valence-corrected chi connectivity index (χ0v) is 11.0. The van der Waals surface area contributed by atoms with Gasteiger partial charge in [-0.2, -0.15) is 13.2 Å². The van der Waals surface area contributed by atoms with Crippen molar-refractivity contribution in [1.29, 1.82) is 0 Å². The predicted molar refractivity (Wildman–Crippen MR) is 67.1 cm³/mol. The van der Waals surface area contributed by atoms with Crippen LogP contribution in [-0.4, -0.2) is 42.2 Å². The van der Waals surface area contributed by atoms with Crippen LogP contribution in [0.25, 0.3) is 0 Å². The Balaban J connectivity index is 2.19. The number of alkyl halides is 3. The molecular weight excluding hydrogens is 271 g/mol. The number of hydrogen-bond acceptors (Lipinski definition) is 3. The van der Waals surface area contributed by atoms with Crippen molar-refractivity contribution in [2.45, 2.75) is 37.9 Å². The van der Waals surface area contributed by atoms with E-state index in [1.54, 1.807) is 6.92 Å². The highest BCUT2D eigenvalue weighted by Crippen LogP contribution is 2.32. The summed E-state index contributed by atoms with van der Waals surface area (Å²) in [6, 6.07) is 7.81. The number of aldehydes is 1. The molecule has 0 amide bonds. The summed E-state index contributed by atoms with van der Waals surface area (Å²) >= 11 is 0. The molecule has 1 aliphatic rings. The highest BCUT2D eigenvalue weighted by molar-refractivity contribution is 5.59. The lowest BCUT2D eigenvalue weighted by Crippen LogP contribution is -2.59. The Morgan fingerprint density at radius 1 is 1.35 bits per heavy atom. The molecule has 0 N–H and O–H groups in total.